The standard InChI is InChI=1S/C33H42N2O2/c1-21(2)25-12-14-26(15-13-25)30-29-24(5)31(34-20-27-10-8-9-11-28(27)36-7)22(3)23(4)32(29)37-33(30)16-18-35(6)19-17-33/h8-15,21,30,34H,16-20H2,1-7H3. The van der Waals surface area contributed by atoms with Crippen LogP contribution in [0, 0.1) is 20.8 Å². The number of hydrogen-bond acceptors (Lipinski definition) is 4. The molecule has 1 saturated heterocycles. The van der Waals surface area contributed by atoms with E-state index < -0.39 is 0 Å². The Labute approximate surface area is 223 Å². The van der Waals surface area contributed by atoms with Gasteiger partial charge >= 0.3 is 0 Å². The Morgan fingerprint density at radius 2 is 1.65 bits per heavy atom. The fraction of sp³-hybridized carbons (Fsp3) is 0.455. The zero-order chi connectivity index (χ0) is 26.3. The number of piperidine rings is 1. The van der Waals surface area contributed by atoms with Gasteiger partial charge in [0.05, 0.1) is 13.0 Å². The number of benzene rings is 3. The highest BCUT2D eigenvalue weighted by Crippen LogP contribution is 2.57. The number of methoxy groups -OCH3 is 1. The van der Waals surface area contributed by atoms with E-state index in [9.17, 15) is 0 Å². The maximum Gasteiger partial charge on any atom is 0.127 e. The predicted octanol–water partition coefficient (Wildman–Crippen LogP) is 7.34. The lowest BCUT2D eigenvalue weighted by atomic mass is 9.72. The minimum Gasteiger partial charge on any atom is -0.496 e. The van der Waals surface area contributed by atoms with Crippen molar-refractivity contribution in [3.8, 4) is 11.5 Å². The molecule has 4 heteroatoms. The average molecular weight is 499 g/mol. The minimum absolute atomic E-state index is 0.197. The van der Waals surface area contributed by atoms with E-state index in [-0.39, 0.29) is 11.5 Å². The lowest BCUT2D eigenvalue weighted by molar-refractivity contribution is 0.0145. The molecule has 0 bridgehead atoms. The zero-order valence-corrected chi connectivity index (χ0v) is 23.6. The maximum atomic E-state index is 7.10. The molecule has 1 unspecified atom stereocenters. The lowest BCUT2D eigenvalue weighted by Crippen LogP contribution is -2.48. The molecule has 37 heavy (non-hydrogen) atoms. The number of nitrogens with one attached hydrogen (secondary N) is 1. The Bertz CT molecular complexity index is 1270. The number of anilines is 1. The largest absolute Gasteiger partial charge is 0.496 e. The van der Waals surface area contributed by atoms with Gasteiger partial charge in [0.15, 0.2) is 0 Å². The summed E-state index contributed by atoms with van der Waals surface area (Å²) < 4.78 is 12.7. The number of rotatable bonds is 6. The second kappa shape index (κ2) is 10.1. The highest BCUT2D eigenvalue weighted by molar-refractivity contribution is 5.71. The topological polar surface area (TPSA) is 33.7 Å². The summed E-state index contributed by atoms with van der Waals surface area (Å²) in [5.74, 6) is 2.78. The first-order chi connectivity index (χ1) is 17.8. The van der Waals surface area contributed by atoms with Crippen molar-refractivity contribution >= 4 is 5.69 Å². The second-order valence-electron chi connectivity index (χ2n) is 11.4. The van der Waals surface area contributed by atoms with E-state index >= 15 is 0 Å². The molecule has 0 radical (unpaired) electrons. The van der Waals surface area contributed by atoms with Crippen LogP contribution in [0.3, 0.4) is 0 Å². The SMILES string of the molecule is COc1ccccc1CNc1c(C)c(C)c2c(c1C)C(c1ccc(C(C)C)cc1)C1(CCN(C)CC1)O2. The number of para-hydroxylation sites is 1. The number of likely N-dealkylation sites (tertiary alicyclic amines) is 1. The van der Waals surface area contributed by atoms with Gasteiger partial charge in [0, 0.05) is 49.3 Å². The van der Waals surface area contributed by atoms with Crippen LogP contribution in [-0.2, 0) is 6.54 Å². The van der Waals surface area contributed by atoms with Crippen LogP contribution in [0.15, 0.2) is 48.5 Å². The lowest BCUT2D eigenvalue weighted by Gasteiger charge is -2.41. The van der Waals surface area contributed by atoms with Gasteiger partial charge in [-0.15, -0.1) is 0 Å². The van der Waals surface area contributed by atoms with Gasteiger partial charge in [-0.05, 0) is 67.6 Å². The number of nitrogens with zero attached hydrogens (tertiary/aromatic N) is 1. The van der Waals surface area contributed by atoms with Crippen molar-refractivity contribution in [2.24, 2.45) is 0 Å². The van der Waals surface area contributed by atoms with Gasteiger partial charge in [-0.3, -0.25) is 0 Å². The molecule has 0 aromatic heterocycles. The van der Waals surface area contributed by atoms with Gasteiger partial charge < -0.3 is 19.7 Å². The molecule has 0 amide bonds. The van der Waals surface area contributed by atoms with E-state index in [1.54, 1.807) is 7.11 Å². The van der Waals surface area contributed by atoms with Gasteiger partial charge in [-0.2, -0.15) is 0 Å². The highest BCUT2D eigenvalue weighted by atomic mass is 16.5. The van der Waals surface area contributed by atoms with Crippen molar-refractivity contribution in [2.75, 3.05) is 32.6 Å². The van der Waals surface area contributed by atoms with E-state index in [0.717, 1.165) is 43.0 Å². The summed E-state index contributed by atoms with van der Waals surface area (Å²) in [5.41, 5.74) is 10.1. The van der Waals surface area contributed by atoms with Crippen LogP contribution in [0.2, 0.25) is 0 Å². The second-order valence-corrected chi connectivity index (χ2v) is 11.4. The summed E-state index contributed by atoms with van der Waals surface area (Å²) in [4.78, 5) is 2.43. The molecule has 3 aromatic carbocycles. The molecule has 5 rings (SSSR count). The third-order valence-corrected chi connectivity index (χ3v) is 8.84. The number of ether oxygens (including phenoxy) is 2. The molecule has 1 N–H and O–H groups in total. The van der Waals surface area contributed by atoms with Crippen LogP contribution in [0.4, 0.5) is 5.69 Å². The molecular formula is C33H42N2O2. The highest BCUT2D eigenvalue weighted by Gasteiger charge is 2.52. The van der Waals surface area contributed by atoms with Crippen LogP contribution in [0.5, 0.6) is 11.5 Å². The van der Waals surface area contributed by atoms with E-state index in [2.05, 4.69) is 88.3 Å². The molecule has 4 nitrogen and oxygen atoms in total. The molecule has 1 atom stereocenters. The third kappa shape index (κ3) is 4.50. The molecule has 1 spiro atoms. The van der Waals surface area contributed by atoms with Gasteiger partial charge in [-0.1, -0.05) is 56.3 Å². The molecule has 2 heterocycles. The zero-order valence-electron chi connectivity index (χ0n) is 23.6. The quantitative estimate of drug-likeness (QED) is 0.385. The van der Waals surface area contributed by atoms with Crippen molar-refractivity contribution in [1.29, 1.82) is 0 Å². The minimum atomic E-state index is -0.197. The Hall–Kier alpha value is -2.98. The summed E-state index contributed by atoms with van der Waals surface area (Å²) in [5, 5.41) is 3.79. The molecule has 0 aliphatic carbocycles. The van der Waals surface area contributed by atoms with Crippen LogP contribution in [-0.4, -0.2) is 37.7 Å². The summed E-state index contributed by atoms with van der Waals surface area (Å²) in [6.07, 6.45) is 2.08. The Morgan fingerprint density at radius 3 is 2.30 bits per heavy atom. The summed E-state index contributed by atoms with van der Waals surface area (Å²) in [6.45, 7) is 14.1. The Morgan fingerprint density at radius 1 is 0.973 bits per heavy atom. The van der Waals surface area contributed by atoms with E-state index in [4.69, 9.17) is 9.47 Å². The number of fused-ring (bicyclic) bond motifs is 1. The molecule has 2 aliphatic heterocycles. The van der Waals surface area contributed by atoms with Gasteiger partial charge in [0.2, 0.25) is 0 Å². The summed E-state index contributed by atoms with van der Waals surface area (Å²) >= 11 is 0. The number of hydrogen-bond donors (Lipinski definition) is 1. The summed E-state index contributed by atoms with van der Waals surface area (Å²) in [6, 6.07) is 17.6. The van der Waals surface area contributed by atoms with Crippen molar-refractivity contribution < 1.29 is 9.47 Å². The normalized spacial score (nSPS) is 18.6. The Balaban J connectivity index is 1.60. The molecule has 3 aromatic rings. The molecule has 1 fully saturated rings. The monoisotopic (exact) mass is 498 g/mol. The summed E-state index contributed by atoms with van der Waals surface area (Å²) in [7, 11) is 3.96. The van der Waals surface area contributed by atoms with Crippen LogP contribution < -0.4 is 14.8 Å². The molecule has 196 valence electrons. The first-order valence-corrected chi connectivity index (χ1v) is 13.7. The van der Waals surface area contributed by atoms with Crippen molar-refractivity contribution in [2.45, 2.75) is 71.4 Å². The molecular weight excluding hydrogens is 456 g/mol. The Kier molecular flexibility index (Phi) is 6.97. The fourth-order valence-electron chi connectivity index (χ4n) is 6.38. The maximum absolute atomic E-state index is 7.10. The first-order valence-electron chi connectivity index (χ1n) is 13.7. The van der Waals surface area contributed by atoms with Gasteiger partial charge in [0.25, 0.3) is 0 Å². The van der Waals surface area contributed by atoms with E-state index in [1.165, 1.54) is 39.1 Å². The van der Waals surface area contributed by atoms with Crippen molar-refractivity contribution in [1.82, 2.24) is 4.90 Å². The van der Waals surface area contributed by atoms with Crippen molar-refractivity contribution in [3.63, 3.8) is 0 Å². The van der Waals surface area contributed by atoms with Crippen LogP contribution in [0.1, 0.15) is 77.5 Å². The van der Waals surface area contributed by atoms with Crippen LogP contribution >= 0.6 is 0 Å². The average Bonchev–Trinajstić information content (AvgIpc) is 3.24. The van der Waals surface area contributed by atoms with Gasteiger partial charge in [0.1, 0.15) is 17.1 Å². The van der Waals surface area contributed by atoms with E-state index in [0.29, 0.717) is 12.5 Å². The van der Waals surface area contributed by atoms with Crippen molar-refractivity contribution in [3.05, 3.63) is 87.5 Å². The van der Waals surface area contributed by atoms with Gasteiger partial charge in [-0.25, -0.2) is 0 Å². The van der Waals surface area contributed by atoms with Crippen LogP contribution in [0.25, 0.3) is 0 Å². The van der Waals surface area contributed by atoms with E-state index in [1.807, 2.05) is 12.1 Å². The third-order valence-electron chi connectivity index (χ3n) is 8.84. The molecule has 0 saturated carbocycles. The first kappa shape index (κ1) is 25.7. The fourth-order valence-corrected chi connectivity index (χ4v) is 6.38. The molecule has 2 aliphatic rings. The smallest absolute Gasteiger partial charge is 0.127 e. The predicted molar refractivity (Wildman–Crippen MR) is 153 cm³/mol.